The number of thioether (sulfide) groups is 1. The summed E-state index contributed by atoms with van der Waals surface area (Å²) in [6.45, 7) is 6.00. The van der Waals surface area contributed by atoms with Crippen molar-refractivity contribution in [2.75, 3.05) is 31.9 Å². The van der Waals surface area contributed by atoms with Crippen molar-refractivity contribution in [2.45, 2.75) is 26.7 Å². The van der Waals surface area contributed by atoms with E-state index in [0.29, 0.717) is 32.5 Å². The maximum absolute atomic E-state index is 12.8. The summed E-state index contributed by atoms with van der Waals surface area (Å²) >= 11 is 1.27. The van der Waals surface area contributed by atoms with Crippen LogP contribution in [0.5, 0.6) is 0 Å². The first-order chi connectivity index (χ1) is 12.0. The molecule has 0 unspecified atom stereocenters. The summed E-state index contributed by atoms with van der Waals surface area (Å²) < 4.78 is 0. The summed E-state index contributed by atoms with van der Waals surface area (Å²) in [7, 11) is 0. The summed E-state index contributed by atoms with van der Waals surface area (Å²) in [5.74, 6) is 0.928. The second kappa shape index (κ2) is 7.60. The van der Waals surface area contributed by atoms with E-state index in [1.165, 1.54) is 11.8 Å². The number of hydrogen-bond acceptors (Lipinski definition) is 4. The Morgan fingerprint density at radius 3 is 2.48 bits per heavy atom. The quantitative estimate of drug-likeness (QED) is 0.775. The van der Waals surface area contributed by atoms with E-state index >= 15 is 0 Å². The number of Topliss-reactive ketones (excluding diaryl/α,β-unsaturated/α-hetero) is 1. The lowest BCUT2D eigenvalue weighted by Crippen LogP contribution is -2.45. The molecule has 0 spiro atoms. The molecule has 2 aliphatic heterocycles. The molecule has 1 aromatic carbocycles. The van der Waals surface area contributed by atoms with Crippen LogP contribution < -0.4 is 0 Å². The van der Waals surface area contributed by atoms with Gasteiger partial charge in [-0.15, -0.1) is 0 Å². The molecule has 0 aliphatic carbocycles. The number of amides is 2. The van der Waals surface area contributed by atoms with E-state index in [2.05, 4.69) is 0 Å². The van der Waals surface area contributed by atoms with Crippen molar-refractivity contribution in [1.29, 1.82) is 0 Å². The van der Waals surface area contributed by atoms with E-state index in [1.54, 1.807) is 9.80 Å². The number of carbonyl (C=O) groups excluding carboxylic acids is 3. The smallest absolute Gasteiger partial charge is 0.282 e. The first kappa shape index (κ1) is 18.0. The summed E-state index contributed by atoms with van der Waals surface area (Å²) in [5.41, 5.74) is 2.98. The highest BCUT2D eigenvalue weighted by molar-refractivity contribution is 8.13. The minimum Gasteiger partial charge on any atom is -0.341 e. The number of carbonyl (C=O) groups is 3. The van der Waals surface area contributed by atoms with Crippen LogP contribution in [-0.2, 0) is 4.79 Å². The average molecular weight is 360 g/mol. The van der Waals surface area contributed by atoms with Gasteiger partial charge in [0.05, 0.1) is 0 Å². The minimum absolute atomic E-state index is 0.00624. The van der Waals surface area contributed by atoms with Gasteiger partial charge >= 0.3 is 0 Å². The van der Waals surface area contributed by atoms with Gasteiger partial charge in [-0.3, -0.25) is 14.4 Å². The predicted octanol–water partition coefficient (Wildman–Crippen LogP) is 2.89. The molecule has 2 heterocycles. The molecule has 2 aliphatic rings. The van der Waals surface area contributed by atoms with Crippen molar-refractivity contribution in [3.05, 3.63) is 34.9 Å². The van der Waals surface area contributed by atoms with Crippen molar-refractivity contribution in [1.82, 2.24) is 9.80 Å². The van der Waals surface area contributed by atoms with Gasteiger partial charge in [-0.1, -0.05) is 35.5 Å². The highest BCUT2D eigenvalue weighted by atomic mass is 32.2. The molecular weight excluding hydrogens is 336 g/mol. The summed E-state index contributed by atoms with van der Waals surface area (Å²) in [4.78, 5) is 40.2. The van der Waals surface area contributed by atoms with E-state index < -0.39 is 0 Å². The van der Waals surface area contributed by atoms with Crippen LogP contribution in [0.2, 0.25) is 0 Å². The lowest BCUT2D eigenvalue weighted by molar-refractivity contribution is -0.132. The molecule has 5 nitrogen and oxygen atoms in total. The van der Waals surface area contributed by atoms with Gasteiger partial charge in [0.2, 0.25) is 5.91 Å². The van der Waals surface area contributed by atoms with E-state index in [1.807, 2.05) is 32.0 Å². The maximum Gasteiger partial charge on any atom is 0.282 e. The molecule has 0 atom stereocenters. The van der Waals surface area contributed by atoms with Crippen molar-refractivity contribution in [3.63, 3.8) is 0 Å². The number of rotatable bonds is 4. The Morgan fingerprint density at radius 1 is 1.16 bits per heavy atom. The summed E-state index contributed by atoms with van der Waals surface area (Å²) in [6, 6.07) is 5.93. The number of likely N-dealkylation sites (tertiary alicyclic amines) is 1. The van der Waals surface area contributed by atoms with E-state index in [-0.39, 0.29) is 29.4 Å². The molecule has 2 saturated heterocycles. The van der Waals surface area contributed by atoms with Crippen LogP contribution in [0, 0.1) is 19.8 Å². The Morgan fingerprint density at radius 2 is 1.88 bits per heavy atom. The molecule has 134 valence electrons. The van der Waals surface area contributed by atoms with Gasteiger partial charge in [-0.2, -0.15) is 0 Å². The van der Waals surface area contributed by atoms with Crippen LogP contribution in [0.3, 0.4) is 0 Å². The van der Waals surface area contributed by atoms with E-state index in [4.69, 9.17) is 0 Å². The molecule has 0 N–H and O–H groups in total. The molecule has 3 rings (SSSR count). The standard InChI is InChI=1S/C19H24N2O3S/c1-13-3-4-16(14(2)11-13)18(23)15-5-7-20(8-6-15)17(22)12-21-9-10-25-19(21)24/h3-4,11,15H,5-10,12H2,1-2H3. The fourth-order valence-corrected chi connectivity index (χ4v) is 4.36. The summed E-state index contributed by atoms with van der Waals surface area (Å²) in [5, 5.41) is -0.00624. The van der Waals surface area contributed by atoms with Crippen LogP contribution in [0.15, 0.2) is 18.2 Å². The Labute approximate surface area is 152 Å². The predicted molar refractivity (Wildman–Crippen MR) is 99.0 cm³/mol. The zero-order chi connectivity index (χ0) is 18.0. The van der Waals surface area contributed by atoms with Crippen LogP contribution in [-0.4, -0.2) is 58.7 Å². The molecule has 6 heteroatoms. The maximum atomic E-state index is 12.8. The Balaban J connectivity index is 1.55. The summed E-state index contributed by atoms with van der Waals surface area (Å²) in [6.07, 6.45) is 1.39. The fraction of sp³-hybridized carbons (Fsp3) is 0.526. The van der Waals surface area contributed by atoms with Crippen LogP contribution in [0.25, 0.3) is 0 Å². The van der Waals surface area contributed by atoms with E-state index in [0.717, 1.165) is 22.4 Å². The van der Waals surface area contributed by atoms with Crippen molar-refractivity contribution >= 4 is 28.7 Å². The number of hydrogen-bond donors (Lipinski definition) is 0. The largest absolute Gasteiger partial charge is 0.341 e. The van der Waals surface area contributed by atoms with Gasteiger partial charge in [0, 0.05) is 36.9 Å². The second-order valence-corrected chi connectivity index (χ2v) is 7.92. The number of benzene rings is 1. The molecule has 25 heavy (non-hydrogen) atoms. The molecule has 1 aromatic rings. The zero-order valence-electron chi connectivity index (χ0n) is 14.8. The molecule has 0 saturated carbocycles. The molecule has 0 aromatic heterocycles. The van der Waals surface area contributed by atoms with Crippen molar-refractivity contribution in [3.8, 4) is 0 Å². The topological polar surface area (TPSA) is 57.7 Å². The Bertz CT molecular complexity index is 696. The van der Waals surface area contributed by atoms with Gasteiger partial charge in [0.15, 0.2) is 5.78 Å². The van der Waals surface area contributed by atoms with Crippen molar-refractivity contribution in [2.24, 2.45) is 5.92 Å². The fourth-order valence-electron chi connectivity index (χ4n) is 3.53. The zero-order valence-corrected chi connectivity index (χ0v) is 15.6. The van der Waals surface area contributed by atoms with Crippen LogP contribution in [0.4, 0.5) is 4.79 Å². The number of aryl methyl sites for hydroxylation is 2. The molecule has 2 amide bonds. The van der Waals surface area contributed by atoms with Gasteiger partial charge in [0.25, 0.3) is 5.24 Å². The lowest BCUT2D eigenvalue weighted by Gasteiger charge is -2.32. The first-order valence-corrected chi connectivity index (χ1v) is 9.75. The van der Waals surface area contributed by atoms with Gasteiger partial charge < -0.3 is 9.80 Å². The second-order valence-electron chi connectivity index (χ2n) is 6.87. The van der Waals surface area contributed by atoms with Crippen LogP contribution in [0.1, 0.15) is 34.3 Å². The molecule has 0 radical (unpaired) electrons. The Kier molecular flexibility index (Phi) is 5.47. The number of piperidine rings is 1. The molecular formula is C19H24N2O3S. The van der Waals surface area contributed by atoms with Gasteiger partial charge in [0.1, 0.15) is 6.54 Å². The minimum atomic E-state index is -0.0190. The van der Waals surface area contributed by atoms with E-state index in [9.17, 15) is 14.4 Å². The third-order valence-corrected chi connectivity index (χ3v) is 5.93. The number of ketones is 1. The van der Waals surface area contributed by atoms with Gasteiger partial charge in [-0.25, -0.2) is 0 Å². The normalized spacial score (nSPS) is 18.7. The Hall–Kier alpha value is -1.82. The SMILES string of the molecule is Cc1ccc(C(=O)C2CCN(C(=O)CN3CCSC3=O)CC2)c(C)c1. The monoisotopic (exact) mass is 360 g/mol. The molecule has 2 fully saturated rings. The lowest BCUT2D eigenvalue weighted by atomic mass is 9.87. The first-order valence-electron chi connectivity index (χ1n) is 8.76. The highest BCUT2D eigenvalue weighted by Gasteiger charge is 2.30. The third-order valence-electron chi connectivity index (χ3n) is 5.04. The van der Waals surface area contributed by atoms with Crippen LogP contribution >= 0.6 is 11.8 Å². The third kappa shape index (κ3) is 4.06. The van der Waals surface area contributed by atoms with Crippen molar-refractivity contribution < 1.29 is 14.4 Å². The van der Waals surface area contributed by atoms with Gasteiger partial charge in [-0.05, 0) is 32.3 Å². The highest BCUT2D eigenvalue weighted by Crippen LogP contribution is 2.24. The average Bonchev–Trinajstić information content (AvgIpc) is 2.99. The molecule has 0 bridgehead atoms. The number of nitrogens with zero attached hydrogens (tertiary/aromatic N) is 2.